The number of nitrogens with zero attached hydrogens (tertiary/aromatic N) is 2. The van der Waals surface area contributed by atoms with Crippen molar-refractivity contribution in [3.63, 3.8) is 0 Å². The van der Waals surface area contributed by atoms with Crippen molar-refractivity contribution in [3.05, 3.63) is 54.1 Å². The van der Waals surface area contributed by atoms with Crippen LogP contribution in [0.5, 0.6) is 5.75 Å². The summed E-state index contributed by atoms with van der Waals surface area (Å²) in [6, 6.07) is 9.77. The SMILES string of the molecule is CN(C)S(=O)(=O)c1ccc(OCCNC(=O)CCCN(c2cccc(C(F)(F)F)c2)S(C)(=O)=O)cc1. The van der Waals surface area contributed by atoms with Gasteiger partial charge in [-0.05, 0) is 48.9 Å². The third-order valence-corrected chi connectivity index (χ3v) is 7.95. The minimum atomic E-state index is -4.62. The monoisotopic (exact) mass is 551 g/mol. The third-order valence-electron chi connectivity index (χ3n) is 4.92. The number of alkyl halides is 3. The molecule has 0 aliphatic rings. The van der Waals surface area contributed by atoms with Crippen LogP contribution in [-0.4, -0.2) is 67.1 Å². The summed E-state index contributed by atoms with van der Waals surface area (Å²) in [4.78, 5) is 12.2. The molecule has 36 heavy (non-hydrogen) atoms. The van der Waals surface area contributed by atoms with E-state index in [0.29, 0.717) is 5.75 Å². The van der Waals surface area contributed by atoms with Gasteiger partial charge in [0.05, 0.1) is 28.9 Å². The van der Waals surface area contributed by atoms with Gasteiger partial charge in [-0.25, -0.2) is 21.1 Å². The standard InChI is InChI=1S/C22H28F3N3O6S2/c1-27(2)36(32,33)20-11-9-19(10-12-20)34-15-13-26-21(29)8-5-14-28(35(3,30)31)18-7-4-6-17(16-18)22(23,24)25/h4,6-7,9-12,16H,5,8,13-15H2,1-3H3,(H,26,29). The lowest BCUT2D eigenvalue weighted by Gasteiger charge is -2.23. The molecular formula is C22H28F3N3O6S2. The van der Waals surface area contributed by atoms with Crippen molar-refractivity contribution in [1.82, 2.24) is 9.62 Å². The number of anilines is 1. The van der Waals surface area contributed by atoms with Crippen LogP contribution in [0.15, 0.2) is 53.4 Å². The molecule has 1 amide bonds. The first kappa shape index (κ1) is 29.4. The Kier molecular flexibility index (Phi) is 9.74. The van der Waals surface area contributed by atoms with Crippen LogP contribution in [0, 0.1) is 0 Å². The topological polar surface area (TPSA) is 113 Å². The fourth-order valence-electron chi connectivity index (χ4n) is 3.07. The Balaban J connectivity index is 1.82. The summed E-state index contributed by atoms with van der Waals surface area (Å²) >= 11 is 0. The van der Waals surface area contributed by atoms with E-state index in [0.717, 1.165) is 33.1 Å². The predicted octanol–water partition coefficient (Wildman–Crippen LogP) is 2.70. The molecule has 0 saturated carbocycles. The van der Waals surface area contributed by atoms with E-state index >= 15 is 0 Å². The third kappa shape index (κ3) is 8.38. The summed E-state index contributed by atoms with van der Waals surface area (Å²) in [7, 11) is -4.58. The molecule has 9 nitrogen and oxygen atoms in total. The van der Waals surface area contributed by atoms with Crippen LogP contribution in [0.3, 0.4) is 0 Å². The second-order valence-electron chi connectivity index (χ2n) is 7.94. The smallest absolute Gasteiger partial charge is 0.416 e. The lowest BCUT2D eigenvalue weighted by molar-refractivity contribution is -0.137. The van der Waals surface area contributed by atoms with E-state index in [1.807, 2.05) is 0 Å². The van der Waals surface area contributed by atoms with E-state index in [2.05, 4.69) is 5.32 Å². The van der Waals surface area contributed by atoms with Crippen LogP contribution in [0.2, 0.25) is 0 Å². The van der Waals surface area contributed by atoms with Crippen molar-refractivity contribution in [1.29, 1.82) is 0 Å². The van der Waals surface area contributed by atoms with Crippen LogP contribution < -0.4 is 14.4 Å². The second kappa shape index (κ2) is 11.9. The number of carbonyl (C=O) groups excluding carboxylic acids is 1. The van der Waals surface area contributed by atoms with Crippen molar-refractivity contribution in [2.45, 2.75) is 23.9 Å². The van der Waals surface area contributed by atoms with E-state index in [4.69, 9.17) is 4.74 Å². The summed E-state index contributed by atoms with van der Waals surface area (Å²) in [6.45, 7) is 0.0669. The molecule has 2 aromatic rings. The number of amides is 1. The van der Waals surface area contributed by atoms with Gasteiger partial charge in [0.15, 0.2) is 0 Å². The maximum atomic E-state index is 13.0. The highest BCUT2D eigenvalue weighted by atomic mass is 32.2. The zero-order valence-corrected chi connectivity index (χ0v) is 21.6. The molecule has 14 heteroatoms. The molecule has 0 bridgehead atoms. The molecule has 1 N–H and O–H groups in total. The first-order valence-electron chi connectivity index (χ1n) is 10.7. The largest absolute Gasteiger partial charge is 0.492 e. The van der Waals surface area contributed by atoms with Crippen molar-refractivity contribution >= 4 is 31.6 Å². The number of carbonyl (C=O) groups is 1. The lowest BCUT2D eigenvalue weighted by atomic mass is 10.2. The van der Waals surface area contributed by atoms with Crippen molar-refractivity contribution in [2.24, 2.45) is 0 Å². The first-order valence-corrected chi connectivity index (χ1v) is 14.0. The zero-order chi connectivity index (χ0) is 27.1. The van der Waals surface area contributed by atoms with Gasteiger partial charge in [0.25, 0.3) is 0 Å². The van der Waals surface area contributed by atoms with Gasteiger partial charge in [0.2, 0.25) is 26.0 Å². The van der Waals surface area contributed by atoms with Crippen molar-refractivity contribution < 1.29 is 39.5 Å². The molecular weight excluding hydrogens is 523 g/mol. The number of hydrogen-bond acceptors (Lipinski definition) is 6. The molecule has 0 aliphatic heterocycles. The number of sulfonamides is 2. The maximum absolute atomic E-state index is 13.0. The van der Waals surface area contributed by atoms with Crippen LogP contribution in [-0.2, 0) is 31.0 Å². The number of benzene rings is 2. The van der Waals surface area contributed by atoms with Crippen molar-refractivity contribution in [2.75, 3.05) is 44.4 Å². The zero-order valence-electron chi connectivity index (χ0n) is 19.9. The van der Waals surface area contributed by atoms with Gasteiger partial charge in [0, 0.05) is 27.1 Å². The Bertz CT molecular complexity index is 1250. The Labute approximate surface area is 209 Å². The maximum Gasteiger partial charge on any atom is 0.416 e. The summed E-state index contributed by atoms with van der Waals surface area (Å²) in [5, 5.41) is 2.60. The minimum absolute atomic E-state index is 0.0535. The van der Waals surface area contributed by atoms with E-state index in [-0.39, 0.29) is 49.0 Å². The molecule has 200 valence electrons. The Morgan fingerprint density at radius 3 is 2.22 bits per heavy atom. The van der Waals surface area contributed by atoms with E-state index in [9.17, 15) is 34.8 Å². The molecule has 0 fully saturated rings. The normalized spacial score (nSPS) is 12.4. The van der Waals surface area contributed by atoms with Crippen LogP contribution in [0.25, 0.3) is 0 Å². The van der Waals surface area contributed by atoms with Gasteiger partial charge < -0.3 is 10.1 Å². The predicted molar refractivity (Wildman–Crippen MR) is 129 cm³/mol. The average molecular weight is 552 g/mol. The highest BCUT2D eigenvalue weighted by Gasteiger charge is 2.31. The number of halogens is 3. The quantitative estimate of drug-likeness (QED) is 0.406. The van der Waals surface area contributed by atoms with Gasteiger partial charge >= 0.3 is 6.18 Å². The number of ether oxygens (including phenoxy) is 1. The molecule has 0 atom stereocenters. The van der Waals surface area contributed by atoms with Gasteiger partial charge in [0.1, 0.15) is 12.4 Å². The molecule has 0 aromatic heterocycles. The van der Waals surface area contributed by atoms with Crippen LogP contribution >= 0.6 is 0 Å². The number of nitrogens with one attached hydrogen (secondary N) is 1. The van der Waals surface area contributed by atoms with Gasteiger partial charge in [-0.1, -0.05) is 6.07 Å². The molecule has 0 radical (unpaired) electrons. The van der Waals surface area contributed by atoms with Gasteiger partial charge in [-0.2, -0.15) is 13.2 Å². The second-order valence-corrected chi connectivity index (χ2v) is 12.0. The Morgan fingerprint density at radius 1 is 1.03 bits per heavy atom. The highest BCUT2D eigenvalue weighted by Crippen LogP contribution is 2.32. The van der Waals surface area contributed by atoms with E-state index in [1.54, 1.807) is 0 Å². The highest BCUT2D eigenvalue weighted by molar-refractivity contribution is 7.92. The molecule has 2 rings (SSSR count). The van der Waals surface area contributed by atoms with E-state index in [1.165, 1.54) is 44.4 Å². The lowest BCUT2D eigenvalue weighted by Crippen LogP contribution is -2.33. The molecule has 2 aromatic carbocycles. The van der Waals surface area contributed by atoms with Crippen molar-refractivity contribution in [3.8, 4) is 5.75 Å². The minimum Gasteiger partial charge on any atom is -0.492 e. The number of rotatable bonds is 12. The molecule has 0 heterocycles. The summed E-state index contributed by atoms with van der Waals surface area (Å²) in [6.07, 6.45) is -3.71. The first-order chi connectivity index (χ1) is 16.6. The van der Waals surface area contributed by atoms with Crippen LogP contribution in [0.4, 0.5) is 18.9 Å². The summed E-state index contributed by atoms with van der Waals surface area (Å²) in [5.41, 5.74) is -1.11. The Morgan fingerprint density at radius 2 is 1.67 bits per heavy atom. The molecule has 0 unspecified atom stereocenters. The summed E-state index contributed by atoms with van der Waals surface area (Å²) < 4.78 is 94.7. The average Bonchev–Trinajstić information content (AvgIpc) is 2.78. The fraction of sp³-hybridized carbons (Fsp3) is 0.409. The van der Waals surface area contributed by atoms with Gasteiger partial charge in [-0.3, -0.25) is 9.10 Å². The Hall–Kier alpha value is -2.84. The van der Waals surface area contributed by atoms with Crippen LogP contribution in [0.1, 0.15) is 18.4 Å². The molecule has 0 saturated heterocycles. The van der Waals surface area contributed by atoms with Gasteiger partial charge in [-0.15, -0.1) is 0 Å². The molecule has 0 aliphatic carbocycles. The van der Waals surface area contributed by atoms with E-state index < -0.39 is 31.8 Å². The molecule has 0 spiro atoms. The summed E-state index contributed by atoms with van der Waals surface area (Å²) in [5.74, 6) is 0.0235. The fourth-order valence-corrected chi connectivity index (χ4v) is 4.93. The number of hydrogen-bond donors (Lipinski definition) is 1.